The fourth-order valence-corrected chi connectivity index (χ4v) is 9.54. The predicted molar refractivity (Wildman–Crippen MR) is 236 cm³/mol. The van der Waals surface area contributed by atoms with Crippen LogP contribution >= 0.6 is 11.3 Å². The van der Waals surface area contributed by atoms with Gasteiger partial charge in [-0.15, -0.1) is 11.3 Å². The average molecular weight is 747 g/mol. The van der Waals surface area contributed by atoms with Gasteiger partial charge in [-0.05, 0) is 71.8 Å². The average Bonchev–Trinajstić information content (AvgIpc) is 3.95. The van der Waals surface area contributed by atoms with Crippen LogP contribution in [0.5, 0.6) is 0 Å². The lowest BCUT2D eigenvalue weighted by atomic mass is 9.97. The van der Waals surface area contributed by atoms with Gasteiger partial charge in [-0.25, -0.2) is 15.0 Å². The quantitative estimate of drug-likeness (QED) is 0.176. The number of nitrogens with zero attached hydrogens (tertiary/aromatic N) is 4. The second-order valence-corrected chi connectivity index (χ2v) is 15.5. The van der Waals surface area contributed by atoms with Gasteiger partial charge in [0.1, 0.15) is 11.2 Å². The molecule has 266 valence electrons. The molecule has 57 heavy (non-hydrogen) atoms. The molecule has 0 spiro atoms. The summed E-state index contributed by atoms with van der Waals surface area (Å²) in [5.41, 5.74) is 10.3. The number of benzene rings is 8. The zero-order valence-electron chi connectivity index (χ0n) is 30.4. The molecule has 0 saturated carbocycles. The molecule has 0 fully saturated rings. The van der Waals surface area contributed by atoms with Crippen LogP contribution in [0.4, 0.5) is 0 Å². The summed E-state index contributed by atoms with van der Waals surface area (Å²) in [6.45, 7) is 0. The van der Waals surface area contributed by atoms with Gasteiger partial charge in [0, 0.05) is 64.1 Å². The van der Waals surface area contributed by atoms with E-state index in [4.69, 9.17) is 19.4 Å². The van der Waals surface area contributed by atoms with Gasteiger partial charge in [0.05, 0.1) is 11.0 Å². The van der Waals surface area contributed by atoms with Gasteiger partial charge in [0.25, 0.3) is 0 Å². The van der Waals surface area contributed by atoms with E-state index >= 15 is 0 Å². The van der Waals surface area contributed by atoms with Gasteiger partial charge in [0.15, 0.2) is 17.5 Å². The van der Waals surface area contributed by atoms with Crippen LogP contribution in [0.25, 0.3) is 115 Å². The first-order valence-corrected chi connectivity index (χ1v) is 19.8. The molecule has 0 saturated heterocycles. The Balaban J connectivity index is 0.991. The molecule has 12 aromatic rings. The van der Waals surface area contributed by atoms with Crippen molar-refractivity contribution in [1.29, 1.82) is 0 Å². The van der Waals surface area contributed by atoms with E-state index in [1.807, 2.05) is 84.1 Å². The third kappa shape index (κ3) is 5.12. The number of hydrogen-bond donors (Lipinski definition) is 0. The van der Waals surface area contributed by atoms with Gasteiger partial charge in [-0.1, -0.05) is 121 Å². The van der Waals surface area contributed by atoms with E-state index in [0.29, 0.717) is 17.5 Å². The van der Waals surface area contributed by atoms with Crippen LogP contribution in [0.1, 0.15) is 0 Å². The lowest BCUT2D eigenvalue weighted by Crippen LogP contribution is -2.00. The van der Waals surface area contributed by atoms with E-state index in [0.717, 1.165) is 49.8 Å². The van der Waals surface area contributed by atoms with E-state index in [9.17, 15) is 0 Å². The SMILES string of the molecule is c1ccc(-c2nc(-c3ccccc3)nc(-c3ccc4oc5cccc(-c6ccc7c(c6)sc6ccc(-n8c9ccccc9c9ccccc98)cc67)c5c4c3)n2)cc1. The maximum Gasteiger partial charge on any atom is 0.164 e. The minimum Gasteiger partial charge on any atom is -0.456 e. The number of furan rings is 1. The third-order valence-electron chi connectivity index (χ3n) is 11.1. The summed E-state index contributed by atoms with van der Waals surface area (Å²) >= 11 is 1.84. The Kier molecular flexibility index (Phi) is 7.03. The maximum absolute atomic E-state index is 6.48. The van der Waals surface area contributed by atoms with Crippen LogP contribution in [0.3, 0.4) is 0 Å². The summed E-state index contributed by atoms with van der Waals surface area (Å²) < 4.78 is 11.4. The number of rotatable bonds is 5. The highest BCUT2D eigenvalue weighted by atomic mass is 32.1. The summed E-state index contributed by atoms with van der Waals surface area (Å²) in [5, 5.41) is 7.15. The van der Waals surface area contributed by atoms with Crippen molar-refractivity contribution in [2.75, 3.05) is 0 Å². The minimum atomic E-state index is 0.614. The summed E-state index contributed by atoms with van der Waals surface area (Å²) in [7, 11) is 0. The lowest BCUT2D eigenvalue weighted by Gasteiger charge is -2.09. The zero-order chi connectivity index (χ0) is 37.5. The van der Waals surface area contributed by atoms with Crippen molar-refractivity contribution in [2.24, 2.45) is 0 Å². The third-order valence-corrected chi connectivity index (χ3v) is 12.2. The van der Waals surface area contributed by atoms with E-state index in [2.05, 4.69) is 114 Å². The van der Waals surface area contributed by atoms with Crippen LogP contribution in [0, 0.1) is 0 Å². The van der Waals surface area contributed by atoms with Gasteiger partial charge in [-0.2, -0.15) is 0 Å². The molecule has 0 amide bonds. The first-order chi connectivity index (χ1) is 28.2. The molecule has 4 aromatic heterocycles. The normalized spacial score (nSPS) is 11.9. The molecule has 5 nitrogen and oxygen atoms in total. The molecule has 0 bridgehead atoms. The highest BCUT2D eigenvalue weighted by molar-refractivity contribution is 7.25. The molecule has 0 aliphatic rings. The molecule has 4 heterocycles. The van der Waals surface area contributed by atoms with Crippen LogP contribution in [-0.2, 0) is 0 Å². The second kappa shape index (κ2) is 12.6. The molecular formula is C51H30N4OS. The van der Waals surface area contributed by atoms with Crippen molar-refractivity contribution in [3.63, 3.8) is 0 Å². The maximum atomic E-state index is 6.48. The molecule has 0 radical (unpaired) electrons. The fourth-order valence-electron chi connectivity index (χ4n) is 8.42. The molecule has 0 unspecified atom stereocenters. The first-order valence-electron chi connectivity index (χ1n) is 19.0. The molecule has 12 rings (SSSR count). The molecule has 0 aliphatic carbocycles. The molecular weight excluding hydrogens is 717 g/mol. The molecule has 0 N–H and O–H groups in total. The summed E-state index contributed by atoms with van der Waals surface area (Å²) in [4.78, 5) is 14.9. The number of thiophene rings is 1. The Labute approximate surface area is 330 Å². The Hall–Kier alpha value is -7.41. The van der Waals surface area contributed by atoms with Crippen molar-refractivity contribution in [2.45, 2.75) is 0 Å². The molecule has 0 aliphatic heterocycles. The van der Waals surface area contributed by atoms with Crippen molar-refractivity contribution in [3.05, 3.63) is 182 Å². The van der Waals surface area contributed by atoms with E-state index < -0.39 is 0 Å². The Bertz CT molecular complexity index is 3420. The van der Waals surface area contributed by atoms with Crippen LogP contribution in [0.15, 0.2) is 186 Å². The van der Waals surface area contributed by atoms with Crippen LogP contribution in [0.2, 0.25) is 0 Å². The predicted octanol–water partition coefficient (Wildman–Crippen LogP) is 13.9. The minimum absolute atomic E-state index is 0.614. The smallest absolute Gasteiger partial charge is 0.164 e. The second-order valence-electron chi connectivity index (χ2n) is 14.4. The Morgan fingerprint density at radius 3 is 1.72 bits per heavy atom. The van der Waals surface area contributed by atoms with Gasteiger partial charge < -0.3 is 8.98 Å². The summed E-state index contributed by atoms with van der Waals surface area (Å²) in [6, 6.07) is 63.8. The standard InChI is InChI=1S/C51H30N4OS/c1-3-12-31(13-4-1)49-52-50(32-14-5-2-6-15-32)54-51(53-49)34-23-26-44-41(28-34)48-36(18-11-21-45(48)56-44)33-22-25-39-40-30-35(24-27-46(40)57-47(39)29-33)55-42-19-9-7-16-37(42)38-17-8-10-20-43(38)55/h1-30H. The van der Waals surface area contributed by atoms with Gasteiger partial charge in [-0.3, -0.25) is 0 Å². The van der Waals surface area contributed by atoms with E-state index in [-0.39, 0.29) is 0 Å². The highest BCUT2D eigenvalue weighted by Crippen LogP contribution is 2.42. The monoisotopic (exact) mass is 746 g/mol. The van der Waals surface area contributed by atoms with E-state index in [1.54, 1.807) is 0 Å². The molecule has 8 aromatic carbocycles. The van der Waals surface area contributed by atoms with Crippen molar-refractivity contribution >= 4 is 75.3 Å². The largest absolute Gasteiger partial charge is 0.456 e. The van der Waals surface area contributed by atoms with E-state index in [1.165, 1.54) is 47.7 Å². The topological polar surface area (TPSA) is 56.7 Å². The van der Waals surface area contributed by atoms with Gasteiger partial charge in [0.2, 0.25) is 0 Å². The number of para-hydroxylation sites is 2. The lowest BCUT2D eigenvalue weighted by molar-refractivity contribution is 0.669. The molecule has 0 atom stereocenters. The fraction of sp³-hybridized carbons (Fsp3) is 0. The summed E-state index contributed by atoms with van der Waals surface area (Å²) in [6.07, 6.45) is 0. The number of fused-ring (bicyclic) bond motifs is 9. The van der Waals surface area contributed by atoms with Crippen LogP contribution in [-0.4, -0.2) is 19.5 Å². The van der Waals surface area contributed by atoms with Crippen LogP contribution < -0.4 is 0 Å². The van der Waals surface area contributed by atoms with Crippen molar-refractivity contribution in [1.82, 2.24) is 19.5 Å². The van der Waals surface area contributed by atoms with Crippen molar-refractivity contribution in [3.8, 4) is 51.0 Å². The first kappa shape index (κ1) is 31.9. The zero-order valence-corrected chi connectivity index (χ0v) is 31.2. The van der Waals surface area contributed by atoms with Gasteiger partial charge >= 0.3 is 0 Å². The molecule has 6 heteroatoms. The Morgan fingerprint density at radius 1 is 0.386 bits per heavy atom. The number of hydrogen-bond acceptors (Lipinski definition) is 5. The van der Waals surface area contributed by atoms with Crippen molar-refractivity contribution < 1.29 is 4.42 Å². The highest BCUT2D eigenvalue weighted by Gasteiger charge is 2.18. The Morgan fingerprint density at radius 2 is 1.02 bits per heavy atom. The summed E-state index contributed by atoms with van der Waals surface area (Å²) in [5.74, 6) is 1.88. The number of aromatic nitrogens is 4.